The number of likely N-dealkylation sites (N-methyl/N-ethyl adjacent to an activating group) is 1. The summed E-state index contributed by atoms with van der Waals surface area (Å²) in [5, 5.41) is 0. The Labute approximate surface area is 158 Å². The average molecular weight is 394 g/mol. The number of ether oxygens (including phenoxy) is 1. The van der Waals surface area contributed by atoms with Gasteiger partial charge in [0.25, 0.3) is 0 Å². The molecule has 2 aromatic rings. The first kappa shape index (κ1) is 20.9. The minimum atomic E-state index is -4.06. The number of sulfonamides is 1. The van der Waals surface area contributed by atoms with Crippen molar-refractivity contribution in [3.05, 3.63) is 59.4 Å². The molecule has 146 valence electrons. The second-order valence-electron chi connectivity index (χ2n) is 6.48. The lowest BCUT2D eigenvalue weighted by Crippen LogP contribution is -2.39. The Morgan fingerprint density at radius 2 is 1.85 bits per heavy atom. The van der Waals surface area contributed by atoms with Crippen LogP contribution >= 0.6 is 0 Å². The van der Waals surface area contributed by atoms with Gasteiger partial charge in [-0.05, 0) is 62.2 Å². The molecule has 0 radical (unpaired) electrons. The lowest BCUT2D eigenvalue weighted by atomic mass is 10.1. The molecule has 1 atom stereocenters. The van der Waals surface area contributed by atoms with Crippen molar-refractivity contribution in [1.82, 2.24) is 4.31 Å². The summed E-state index contributed by atoms with van der Waals surface area (Å²) in [6.45, 7) is 5.47. The number of amides is 1. The highest BCUT2D eigenvalue weighted by Gasteiger charge is 2.33. The van der Waals surface area contributed by atoms with Gasteiger partial charge in [0.1, 0.15) is 17.6 Å². The second-order valence-corrected chi connectivity index (χ2v) is 8.47. The fourth-order valence-corrected chi connectivity index (χ4v) is 4.11. The zero-order chi connectivity index (χ0) is 20.4. The molecule has 6 nitrogen and oxygen atoms in total. The summed E-state index contributed by atoms with van der Waals surface area (Å²) >= 11 is 0. The van der Waals surface area contributed by atoms with Crippen LogP contribution in [0.4, 0.5) is 4.39 Å². The van der Waals surface area contributed by atoms with Crippen LogP contribution in [0, 0.1) is 12.7 Å². The van der Waals surface area contributed by atoms with Gasteiger partial charge in [-0.25, -0.2) is 12.8 Å². The second kappa shape index (κ2) is 8.06. The molecule has 0 bridgehead atoms. The monoisotopic (exact) mass is 394 g/mol. The van der Waals surface area contributed by atoms with Gasteiger partial charge < -0.3 is 10.5 Å². The predicted molar refractivity (Wildman–Crippen MR) is 100 cm³/mol. The number of benzene rings is 2. The van der Waals surface area contributed by atoms with Gasteiger partial charge in [0.15, 0.2) is 0 Å². The number of carbonyl (C=O) groups excluding carboxylic acids is 1. The number of nitrogens with zero attached hydrogens (tertiary/aromatic N) is 1. The Morgan fingerprint density at radius 3 is 2.37 bits per heavy atom. The van der Waals surface area contributed by atoms with Crippen LogP contribution in [0.5, 0.6) is 5.75 Å². The van der Waals surface area contributed by atoms with E-state index in [2.05, 4.69) is 0 Å². The van der Waals surface area contributed by atoms with Gasteiger partial charge in [-0.15, -0.1) is 0 Å². The molecule has 0 saturated heterocycles. The average Bonchev–Trinajstić information content (AvgIpc) is 2.56. The summed E-state index contributed by atoms with van der Waals surface area (Å²) in [5.74, 6) is -0.915. The van der Waals surface area contributed by atoms with Crippen LogP contribution in [0.3, 0.4) is 0 Å². The van der Waals surface area contributed by atoms with Crippen LogP contribution in [0.15, 0.2) is 47.4 Å². The van der Waals surface area contributed by atoms with Crippen molar-refractivity contribution in [2.45, 2.75) is 37.8 Å². The number of carbonyl (C=O) groups is 1. The van der Waals surface area contributed by atoms with Crippen molar-refractivity contribution in [2.24, 2.45) is 5.73 Å². The van der Waals surface area contributed by atoms with E-state index in [1.165, 1.54) is 37.4 Å². The largest absolute Gasteiger partial charge is 0.491 e. The Kier molecular flexibility index (Phi) is 6.22. The molecule has 1 unspecified atom stereocenters. The molecule has 27 heavy (non-hydrogen) atoms. The fraction of sp³-hybridized carbons (Fsp3) is 0.316. The maximum absolute atomic E-state index is 13.5. The fourth-order valence-electron chi connectivity index (χ4n) is 2.70. The summed E-state index contributed by atoms with van der Waals surface area (Å²) in [6, 6.07) is 8.24. The van der Waals surface area contributed by atoms with Gasteiger partial charge in [0, 0.05) is 7.05 Å². The molecule has 2 aromatic carbocycles. The summed E-state index contributed by atoms with van der Waals surface area (Å²) in [5.41, 5.74) is 6.21. The van der Waals surface area contributed by atoms with Gasteiger partial charge in [-0.2, -0.15) is 4.31 Å². The molecule has 2 N–H and O–H groups in total. The molecule has 0 spiro atoms. The molecule has 8 heteroatoms. The van der Waals surface area contributed by atoms with Crippen molar-refractivity contribution in [2.75, 3.05) is 7.05 Å². The van der Waals surface area contributed by atoms with E-state index in [-0.39, 0.29) is 16.6 Å². The summed E-state index contributed by atoms with van der Waals surface area (Å²) in [4.78, 5) is 11.9. The molecule has 0 fully saturated rings. The number of aryl methyl sites for hydroxylation is 1. The van der Waals surface area contributed by atoms with Crippen LogP contribution in [0.1, 0.15) is 31.0 Å². The minimum Gasteiger partial charge on any atom is -0.491 e. The number of primary amides is 1. The topological polar surface area (TPSA) is 89.7 Å². The predicted octanol–water partition coefficient (Wildman–Crippen LogP) is 2.77. The highest BCUT2D eigenvalue weighted by molar-refractivity contribution is 7.89. The first-order valence-electron chi connectivity index (χ1n) is 8.34. The molecular formula is C19H23FN2O4S. The van der Waals surface area contributed by atoms with Gasteiger partial charge in [0.2, 0.25) is 15.9 Å². The molecule has 0 saturated carbocycles. The van der Waals surface area contributed by atoms with Crippen LogP contribution in [0.25, 0.3) is 0 Å². The molecule has 0 aliphatic heterocycles. The lowest BCUT2D eigenvalue weighted by molar-refractivity contribution is -0.121. The highest BCUT2D eigenvalue weighted by atomic mass is 32.2. The van der Waals surface area contributed by atoms with E-state index in [1.54, 1.807) is 13.0 Å². The van der Waals surface area contributed by atoms with E-state index >= 15 is 0 Å². The Hall–Kier alpha value is -2.45. The summed E-state index contributed by atoms with van der Waals surface area (Å²) in [6.07, 6.45) is -0.0546. The van der Waals surface area contributed by atoms with Gasteiger partial charge in [-0.3, -0.25) is 4.79 Å². The zero-order valence-electron chi connectivity index (χ0n) is 15.6. The van der Waals surface area contributed by atoms with E-state index in [4.69, 9.17) is 10.5 Å². The van der Waals surface area contributed by atoms with E-state index in [9.17, 15) is 17.6 Å². The Bertz CT molecular complexity index is 944. The van der Waals surface area contributed by atoms with Crippen LogP contribution < -0.4 is 10.5 Å². The van der Waals surface area contributed by atoms with Crippen molar-refractivity contribution in [3.63, 3.8) is 0 Å². The maximum Gasteiger partial charge on any atom is 0.243 e. The molecule has 0 aliphatic rings. The molecule has 0 aromatic heterocycles. The minimum absolute atomic E-state index is 0.0127. The highest BCUT2D eigenvalue weighted by Crippen LogP contribution is 2.29. The van der Waals surface area contributed by atoms with E-state index in [0.29, 0.717) is 11.3 Å². The third-order valence-electron chi connectivity index (χ3n) is 3.98. The smallest absolute Gasteiger partial charge is 0.243 e. The molecule has 2 rings (SSSR count). The summed E-state index contributed by atoms with van der Waals surface area (Å²) in [7, 11) is -2.82. The molecule has 0 aliphatic carbocycles. The van der Waals surface area contributed by atoms with Gasteiger partial charge >= 0.3 is 0 Å². The standard InChI is InChI=1S/C19H23FN2O4S/c1-12(2)26-17-9-8-16(10-13(17)3)27(24,25)22(4)18(19(21)23)14-6-5-7-15(20)11-14/h5-12,18H,1-4H3,(H2,21,23). The third kappa shape index (κ3) is 4.64. The Morgan fingerprint density at radius 1 is 1.19 bits per heavy atom. The maximum atomic E-state index is 13.5. The van der Waals surface area contributed by atoms with E-state index in [0.717, 1.165) is 10.4 Å². The number of halogens is 1. The lowest BCUT2D eigenvalue weighted by Gasteiger charge is -2.26. The van der Waals surface area contributed by atoms with Crippen molar-refractivity contribution in [3.8, 4) is 5.75 Å². The number of hydrogen-bond donors (Lipinski definition) is 1. The van der Waals surface area contributed by atoms with Crippen molar-refractivity contribution >= 4 is 15.9 Å². The Balaban J connectivity index is 2.44. The van der Waals surface area contributed by atoms with Crippen LogP contribution in [0.2, 0.25) is 0 Å². The summed E-state index contributed by atoms with van der Waals surface area (Å²) < 4.78 is 46.0. The van der Waals surface area contributed by atoms with Gasteiger partial charge in [-0.1, -0.05) is 12.1 Å². The normalized spacial score (nSPS) is 13.0. The number of nitrogens with two attached hydrogens (primary N) is 1. The number of rotatable bonds is 7. The first-order chi connectivity index (χ1) is 12.5. The molecule has 0 heterocycles. The van der Waals surface area contributed by atoms with E-state index in [1.807, 2.05) is 13.8 Å². The number of hydrogen-bond acceptors (Lipinski definition) is 4. The van der Waals surface area contributed by atoms with E-state index < -0.39 is 27.8 Å². The van der Waals surface area contributed by atoms with Gasteiger partial charge in [0.05, 0.1) is 11.0 Å². The molecular weight excluding hydrogens is 371 g/mol. The van der Waals surface area contributed by atoms with Crippen molar-refractivity contribution < 1.29 is 22.3 Å². The SMILES string of the molecule is Cc1cc(S(=O)(=O)N(C)C(C(N)=O)c2cccc(F)c2)ccc1OC(C)C. The zero-order valence-corrected chi connectivity index (χ0v) is 16.5. The molecule has 1 amide bonds. The van der Waals surface area contributed by atoms with Crippen LogP contribution in [-0.4, -0.2) is 31.8 Å². The van der Waals surface area contributed by atoms with Crippen molar-refractivity contribution in [1.29, 1.82) is 0 Å². The quantitative estimate of drug-likeness (QED) is 0.782. The third-order valence-corrected chi connectivity index (χ3v) is 5.80. The van der Waals surface area contributed by atoms with Crippen LogP contribution in [-0.2, 0) is 14.8 Å². The first-order valence-corrected chi connectivity index (χ1v) is 9.78.